The van der Waals surface area contributed by atoms with Crippen LogP contribution in [0.4, 0.5) is 4.79 Å². The molecule has 0 spiro atoms. The smallest absolute Gasteiger partial charge is 0.318 e. The Kier molecular flexibility index (Phi) is 5.06. The maximum absolute atomic E-state index is 12.6. The lowest BCUT2D eigenvalue weighted by Crippen LogP contribution is -2.39. The molecule has 0 bridgehead atoms. The second-order valence-electron chi connectivity index (χ2n) is 7.00. The Morgan fingerprint density at radius 2 is 1.77 bits per heavy atom. The fraction of sp³-hybridized carbons (Fsp3) is 0.412. The number of rotatable bonds is 6. The van der Waals surface area contributed by atoms with Crippen molar-refractivity contribution >= 4 is 6.03 Å². The molecule has 2 N–H and O–H groups in total. The molecule has 3 aromatic heterocycles. The normalized spacial score (nSPS) is 11.5. The number of carbonyl (C=O) groups excluding carboxylic acids is 1. The molecule has 0 aromatic carbocycles. The minimum absolute atomic E-state index is 0.0509. The maximum atomic E-state index is 12.6. The molecule has 26 heavy (non-hydrogen) atoms. The Bertz CT molecular complexity index is 781. The standard InChI is InChI=1S/C17H22N6O3/c1-17(2,3)15-4-12(21-22-15)5-18-16(24)23(6-13-8-25-10-19-13)7-14-9-26-11-20-14/h4,8-11H,5-7H2,1-3H3,(H,18,24)(H,21,22). The highest BCUT2D eigenvalue weighted by Gasteiger charge is 2.19. The number of hydrogen-bond donors (Lipinski definition) is 2. The Balaban J connectivity index is 1.63. The van der Waals surface area contributed by atoms with Gasteiger partial charge in [0.15, 0.2) is 12.8 Å². The summed E-state index contributed by atoms with van der Waals surface area (Å²) in [5.74, 6) is 0. The molecular weight excluding hydrogens is 336 g/mol. The van der Waals surface area contributed by atoms with Crippen LogP contribution in [0.5, 0.6) is 0 Å². The van der Waals surface area contributed by atoms with Crippen LogP contribution in [0.1, 0.15) is 43.5 Å². The van der Waals surface area contributed by atoms with Crippen LogP contribution in [0.25, 0.3) is 0 Å². The monoisotopic (exact) mass is 358 g/mol. The first-order valence-electron chi connectivity index (χ1n) is 8.23. The molecule has 0 saturated carbocycles. The zero-order chi connectivity index (χ0) is 18.6. The van der Waals surface area contributed by atoms with Crippen molar-refractivity contribution in [3.63, 3.8) is 0 Å². The van der Waals surface area contributed by atoms with Crippen LogP contribution in [-0.2, 0) is 25.0 Å². The predicted octanol–water partition coefficient (Wildman–Crippen LogP) is 2.60. The fourth-order valence-electron chi connectivity index (χ4n) is 2.34. The van der Waals surface area contributed by atoms with Gasteiger partial charge < -0.3 is 19.1 Å². The summed E-state index contributed by atoms with van der Waals surface area (Å²) in [7, 11) is 0. The number of amides is 2. The van der Waals surface area contributed by atoms with E-state index in [4.69, 9.17) is 8.83 Å². The van der Waals surface area contributed by atoms with E-state index in [1.807, 2.05) is 6.07 Å². The second kappa shape index (κ2) is 7.42. The first-order valence-corrected chi connectivity index (χ1v) is 8.23. The van der Waals surface area contributed by atoms with Gasteiger partial charge in [-0.2, -0.15) is 5.10 Å². The number of oxazole rings is 2. The summed E-state index contributed by atoms with van der Waals surface area (Å²) in [5, 5.41) is 10.1. The van der Waals surface area contributed by atoms with Crippen LogP contribution in [-0.4, -0.2) is 31.1 Å². The largest absolute Gasteiger partial charge is 0.451 e. The number of urea groups is 1. The van der Waals surface area contributed by atoms with Crippen molar-refractivity contribution in [3.05, 3.63) is 54.2 Å². The van der Waals surface area contributed by atoms with Gasteiger partial charge in [0.25, 0.3) is 0 Å². The summed E-state index contributed by atoms with van der Waals surface area (Å²) >= 11 is 0. The van der Waals surface area contributed by atoms with Crippen molar-refractivity contribution in [2.24, 2.45) is 0 Å². The van der Waals surface area contributed by atoms with Gasteiger partial charge in [-0.3, -0.25) is 5.10 Å². The highest BCUT2D eigenvalue weighted by molar-refractivity contribution is 5.74. The zero-order valence-electron chi connectivity index (χ0n) is 15.0. The lowest BCUT2D eigenvalue weighted by Gasteiger charge is -2.20. The van der Waals surface area contributed by atoms with Crippen molar-refractivity contribution in [3.8, 4) is 0 Å². The van der Waals surface area contributed by atoms with E-state index in [-0.39, 0.29) is 11.4 Å². The Morgan fingerprint density at radius 1 is 1.15 bits per heavy atom. The molecule has 0 aliphatic carbocycles. The van der Waals surface area contributed by atoms with E-state index in [1.54, 1.807) is 4.90 Å². The molecule has 3 rings (SSSR count). The van der Waals surface area contributed by atoms with Gasteiger partial charge in [-0.25, -0.2) is 14.8 Å². The van der Waals surface area contributed by atoms with Crippen LogP contribution in [0.2, 0.25) is 0 Å². The third-order valence-corrected chi connectivity index (χ3v) is 3.79. The molecule has 0 aliphatic rings. The van der Waals surface area contributed by atoms with Gasteiger partial charge in [0, 0.05) is 5.41 Å². The average molecular weight is 358 g/mol. The molecule has 2 amide bonds. The SMILES string of the molecule is CC(C)(C)c1cc(CNC(=O)N(Cc2cocn2)Cc2cocn2)[nH]n1. The van der Waals surface area contributed by atoms with Gasteiger partial charge in [0.1, 0.15) is 12.5 Å². The molecule has 0 aliphatic heterocycles. The van der Waals surface area contributed by atoms with E-state index < -0.39 is 0 Å². The molecule has 0 saturated heterocycles. The number of H-pyrrole nitrogens is 1. The summed E-state index contributed by atoms with van der Waals surface area (Å²) in [6.45, 7) is 7.20. The molecule has 3 heterocycles. The van der Waals surface area contributed by atoms with Crippen molar-refractivity contribution < 1.29 is 13.6 Å². The highest BCUT2D eigenvalue weighted by Crippen LogP contribution is 2.20. The number of nitrogens with zero attached hydrogens (tertiary/aromatic N) is 4. The summed E-state index contributed by atoms with van der Waals surface area (Å²) in [4.78, 5) is 22.4. The molecule has 9 heteroatoms. The molecule has 0 atom stereocenters. The van der Waals surface area contributed by atoms with Gasteiger partial charge in [-0.15, -0.1) is 0 Å². The number of hydrogen-bond acceptors (Lipinski definition) is 6. The number of nitrogens with one attached hydrogen (secondary N) is 2. The van der Waals surface area contributed by atoms with E-state index in [9.17, 15) is 4.79 Å². The van der Waals surface area contributed by atoms with Crippen LogP contribution in [0.3, 0.4) is 0 Å². The lowest BCUT2D eigenvalue weighted by molar-refractivity contribution is 0.190. The van der Waals surface area contributed by atoms with E-state index in [0.29, 0.717) is 31.0 Å². The first kappa shape index (κ1) is 17.7. The predicted molar refractivity (Wildman–Crippen MR) is 91.8 cm³/mol. The van der Waals surface area contributed by atoms with Crippen LogP contribution >= 0.6 is 0 Å². The molecule has 0 fully saturated rings. The molecule has 9 nitrogen and oxygen atoms in total. The van der Waals surface area contributed by atoms with Gasteiger partial charge in [-0.1, -0.05) is 20.8 Å². The Morgan fingerprint density at radius 3 is 2.23 bits per heavy atom. The van der Waals surface area contributed by atoms with Crippen molar-refractivity contribution in [1.82, 2.24) is 30.4 Å². The van der Waals surface area contributed by atoms with Crippen molar-refractivity contribution in [2.45, 2.75) is 45.8 Å². The van der Waals surface area contributed by atoms with Crippen molar-refractivity contribution in [2.75, 3.05) is 0 Å². The van der Waals surface area contributed by atoms with E-state index in [1.165, 1.54) is 25.3 Å². The Labute approximate surface area is 150 Å². The summed E-state index contributed by atoms with van der Waals surface area (Å²) in [6, 6.07) is 1.71. The van der Waals surface area contributed by atoms with Gasteiger partial charge in [-0.05, 0) is 6.07 Å². The zero-order valence-corrected chi connectivity index (χ0v) is 15.0. The number of aromatic nitrogens is 4. The molecule has 138 valence electrons. The summed E-state index contributed by atoms with van der Waals surface area (Å²) in [6.07, 6.45) is 5.68. The van der Waals surface area contributed by atoms with Crippen LogP contribution in [0.15, 0.2) is 40.2 Å². The van der Waals surface area contributed by atoms with Gasteiger partial charge >= 0.3 is 6.03 Å². The first-order chi connectivity index (χ1) is 12.4. The average Bonchev–Trinajstić information content (AvgIpc) is 3.33. The lowest BCUT2D eigenvalue weighted by atomic mass is 9.92. The van der Waals surface area contributed by atoms with Crippen molar-refractivity contribution in [1.29, 1.82) is 0 Å². The summed E-state index contributed by atoms with van der Waals surface area (Å²) in [5.41, 5.74) is 3.04. The highest BCUT2D eigenvalue weighted by atomic mass is 16.3. The van der Waals surface area contributed by atoms with Crippen LogP contribution in [0, 0.1) is 0 Å². The molecule has 0 radical (unpaired) electrons. The maximum Gasteiger partial charge on any atom is 0.318 e. The minimum Gasteiger partial charge on any atom is -0.451 e. The molecule has 0 unspecified atom stereocenters. The Hall–Kier alpha value is -3.10. The number of carbonyl (C=O) groups is 1. The third kappa shape index (κ3) is 4.50. The summed E-state index contributed by atoms with van der Waals surface area (Å²) < 4.78 is 9.95. The number of aromatic amines is 1. The minimum atomic E-state index is -0.247. The van der Waals surface area contributed by atoms with Crippen LogP contribution < -0.4 is 5.32 Å². The quantitative estimate of drug-likeness (QED) is 0.700. The fourth-order valence-corrected chi connectivity index (χ4v) is 2.34. The van der Waals surface area contributed by atoms with E-state index in [0.717, 1.165) is 11.4 Å². The van der Waals surface area contributed by atoms with Gasteiger partial charge in [0.05, 0.1) is 42.4 Å². The molecule has 3 aromatic rings. The van der Waals surface area contributed by atoms with E-state index in [2.05, 4.69) is 46.3 Å². The van der Waals surface area contributed by atoms with Gasteiger partial charge in [0.2, 0.25) is 0 Å². The third-order valence-electron chi connectivity index (χ3n) is 3.79. The molecular formula is C17H22N6O3. The van der Waals surface area contributed by atoms with E-state index >= 15 is 0 Å². The second-order valence-corrected chi connectivity index (χ2v) is 7.00. The topological polar surface area (TPSA) is 113 Å².